The van der Waals surface area contributed by atoms with Gasteiger partial charge >= 0.3 is 0 Å². The molecule has 1 heterocycles. The molecule has 0 bridgehead atoms. The number of amides is 2. The average molecular weight is 269 g/mol. The minimum absolute atomic E-state index is 0.152. The van der Waals surface area contributed by atoms with Gasteiger partial charge in [0.05, 0.1) is 0 Å². The summed E-state index contributed by atoms with van der Waals surface area (Å²) in [6, 6.07) is -0.582. The summed E-state index contributed by atoms with van der Waals surface area (Å²) in [6.07, 6.45) is 1.69. The zero-order chi connectivity index (χ0) is 13.9. The molecule has 18 heavy (non-hydrogen) atoms. The summed E-state index contributed by atoms with van der Waals surface area (Å²) in [7, 11) is 0. The van der Waals surface area contributed by atoms with Gasteiger partial charge in [0, 0.05) is 16.5 Å². The van der Waals surface area contributed by atoms with E-state index in [0.717, 1.165) is 4.88 Å². The molecule has 6 heteroatoms. The Hall–Kier alpha value is -1.43. The highest BCUT2D eigenvalue weighted by Crippen LogP contribution is 2.17. The highest BCUT2D eigenvalue weighted by atomic mass is 32.1. The van der Waals surface area contributed by atoms with Gasteiger partial charge in [-0.1, -0.05) is 20.8 Å². The van der Waals surface area contributed by atoms with Gasteiger partial charge in [0.15, 0.2) is 5.13 Å². The van der Waals surface area contributed by atoms with E-state index in [-0.39, 0.29) is 11.8 Å². The lowest BCUT2D eigenvalue weighted by molar-refractivity contribution is -0.131. The molecule has 0 aliphatic rings. The standard InChI is InChI=1S/C12H19N3O2S/c1-7-6-13-11(18-7)15-9(16)8(2)14-10(17)12(3,4)5/h6,8H,1-5H3,(H,14,17)(H,13,15,16). The van der Waals surface area contributed by atoms with Crippen LogP contribution in [0, 0.1) is 12.3 Å². The van der Waals surface area contributed by atoms with Crippen molar-refractivity contribution in [2.75, 3.05) is 5.32 Å². The highest BCUT2D eigenvalue weighted by molar-refractivity contribution is 7.15. The second kappa shape index (κ2) is 5.48. The molecule has 0 saturated heterocycles. The van der Waals surface area contributed by atoms with Crippen LogP contribution in [0.25, 0.3) is 0 Å². The number of nitrogens with one attached hydrogen (secondary N) is 2. The van der Waals surface area contributed by atoms with Crippen LogP contribution in [0.3, 0.4) is 0 Å². The number of aromatic nitrogens is 1. The Kier molecular flexibility index (Phi) is 4.45. The van der Waals surface area contributed by atoms with Gasteiger partial charge in [-0.25, -0.2) is 4.98 Å². The number of aryl methyl sites for hydroxylation is 1. The SMILES string of the molecule is Cc1cnc(NC(=O)C(C)NC(=O)C(C)(C)C)s1. The molecular formula is C12H19N3O2S. The summed E-state index contributed by atoms with van der Waals surface area (Å²) in [4.78, 5) is 28.6. The summed E-state index contributed by atoms with van der Waals surface area (Å²) in [5.74, 6) is -0.414. The first-order valence-electron chi connectivity index (χ1n) is 5.74. The van der Waals surface area contributed by atoms with Crippen LogP contribution in [-0.2, 0) is 9.59 Å². The van der Waals surface area contributed by atoms with Crippen molar-refractivity contribution in [2.24, 2.45) is 5.41 Å². The maximum atomic E-state index is 11.8. The number of nitrogens with zero attached hydrogens (tertiary/aromatic N) is 1. The van der Waals surface area contributed by atoms with E-state index >= 15 is 0 Å². The molecule has 2 N–H and O–H groups in total. The third kappa shape index (κ3) is 4.10. The molecule has 0 aliphatic heterocycles. The van der Waals surface area contributed by atoms with E-state index in [1.54, 1.807) is 33.9 Å². The second-order valence-corrected chi connectivity index (χ2v) is 6.45. The highest BCUT2D eigenvalue weighted by Gasteiger charge is 2.25. The van der Waals surface area contributed by atoms with E-state index in [4.69, 9.17) is 0 Å². The number of hydrogen-bond acceptors (Lipinski definition) is 4. The van der Waals surface area contributed by atoms with E-state index in [0.29, 0.717) is 5.13 Å². The van der Waals surface area contributed by atoms with E-state index in [1.165, 1.54) is 11.3 Å². The molecule has 1 rings (SSSR count). The van der Waals surface area contributed by atoms with Crippen molar-refractivity contribution in [2.45, 2.75) is 40.7 Å². The summed E-state index contributed by atoms with van der Waals surface area (Å²) in [5.41, 5.74) is -0.508. The third-order valence-corrected chi connectivity index (χ3v) is 3.10. The van der Waals surface area contributed by atoms with Crippen LogP contribution in [0.4, 0.5) is 5.13 Å². The minimum Gasteiger partial charge on any atom is -0.344 e. The number of rotatable bonds is 3. The zero-order valence-electron chi connectivity index (χ0n) is 11.3. The molecule has 0 saturated carbocycles. The van der Waals surface area contributed by atoms with Gasteiger partial charge in [0.2, 0.25) is 11.8 Å². The molecule has 0 spiro atoms. The van der Waals surface area contributed by atoms with Crippen molar-refractivity contribution in [1.29, 1.82) is 0 Å². The lowest BCUT2D eigenvalue weighted by atomic mass is 9.95. The van der Waals surface area contributed by atoms with Gasteiger partial charge in [-0.15, -0.1) is 11.3 Å². The van der Waals surface area contributed by atoms with Crippen LogP contribution < -0.4 is 10.6 Å². The number of anilines is 1. The molecular weight excluding hydrogens is 250 g/mol. The smallest absolute Gasteiger partial charge is 0.248 e. The number of carbonyl (C=O) groups excluding carboxylic acids is 2. The van der Waals surface area contributed by atoms with Gasteiger partial charge in [-0.05, 0) is 13.8 Å². The predicted molar refractivity (Wildman–Crippen MR) is 72.5 cm³/mol. The van der Waals surface area contributed by atoms with Gasteiger partial charge in [0.25, 0.3) is 0 Å². The van der Waals surface area contributed by atoms with Crippen molar-refractivity contribution in [3.63, 3.8) is 0 Å². The summed E-state index contributed by atoms with van der Waals surface area (Å²) in [6.45, 7) is 8.98. The number of thiazole rings is 1. The van der Waals surface area contributed by atoms with Crippen LogP contribution in [-0.4, -0.2) is 22.8 Å². The van der Waals surface area contributed by atoms with E-state index < -0.39 is 11.5 Å². The molecule has 5 nitrogen and oxygen atoms in total. The molecule has 1 aromatic rings. The predicted octanol–water partition coefficient (Wildman–Crippen LogP) is 1.94. The summed E-state index contributed by atoms with van der Waals surface area (Å²) >= 11 is 1.40. The molecule has 1 unspecified atom stereocenters. The largest absolute Gasteiger partial charge is 0.344 e. The van der Waals surface area contributed by atoms with Gasteiger partial charge in [0.1, 0.15) is 6.04 Å². The van der Waals surface area contributed by atoms with Crippen molar-refractivity contribution in [3.05, 3.63) is 11.1 Å². The van der Waals surface area contributed by atoms with Crippen molar-refractivity contribution in [3.8, 4) is 0 Å². The quantitative estimate of drug-likeness (QED) is 0.881. The molecule has 0 fully saturated rings. The topological polar surface area (TPSA) is 71.1 Å². The molecule has 0 aliphatic carbocycles. The van der Waals surface area contributed by atoms with Crippen molar-refractivity contribution < 1.29 is 9.59 Å². The Bertz CT molecular complexity index is 448. The molecule has 1 aromatic heterocycles. The minimum atomic E-state index is -0.582. The fraction of sp³-hybridized carbons (Fsp3) is 0.583. The Balaban J connectivity index is 2.54. The lowest BCUT2D eigenvalue weighted by Crippen LogP contribution is -2.46. The van der Waals surface area contributed by atoms with Crippen LogP contribution >= 0.6 is 11.3 Å². The molecule has 2 amide bonds. The fourth-order valence-corrected chi connectivity index (χ4v) is 1.77. The summed E-state index contributed by atoms with van der Waals surface area (Å²) < 4.78 is 0. The van der Waals surface area contributed by atoms with Gasteiger partial charge in [-0.2, -0.15) is 0 Å². The van der Waals surface area contributed by atoms with Crippen LogP contribution in [0.5, 0.6) is 0 Å². The van der Waals surface area contributed by atoms with Gasteiger partial charge < -0.3 is 10.6 Å². The molecule has 0 radical (unpaired) electrons. The second-order valence-electron chi connectivity index (χ2n) is 5.21. The maximum Gasteiger partial charge on any atom is 0.248 e. The molecule has 0 aromatic carbocycles. The van der Waals surface area contributed by atoms with Crippen molar-refractivity contribution >= 4 is 28.3 Å². The van der Waals surface area contributed by atoms with E-state index in [1.807, 2.05) is 6.92 Å². The van der Waals surface area contributed by atoms with E-state index in [9.17, 15) is 9.59 Å². The Morgan fingerprint density at radius 3 is 2.44 bits per heavy atom. The lowest BCUT2D eigenvalue weighted by Gasteiger charge is -2.21. The first-order chi connectivity index (χ1) is 8.20. The van der Waals surface area contributed by atoms with Crippen LogP contribution in [0.15, 0.2) is 6.20 Å². The maximum absolute atomic E-state index is 11.8. The van der Waals surface area contributed by atoms with Crippen molar-refractivity contribution in [1.82, 2.24) is 10.3 Å². The van der Waals surface area contributed by atoms with Gasteiger partial charge in [-0.3, -0.25) is 9.59 Å². The molecule has 1 atom stereocenters. The monoisotopic (exact) mass is 269 g/mol. The third-order valence-electron chi connectivity index (χ3n) is 2.27. The normalized spacial score (nSPS) is 12.9. The summed E-state index contributed by atoms with van der Waals surface area (Å²) in [5, 5.41) is 5.90. The first kappa shape index (κ1) is 14.6. The fourth-order valence-electron chi connectivity index (χ4n) is 1.10. The zero-order valence-corrected chi connectivity index (χ0v) is 12.1. The number of carbonyl (C=O) groups is 2. The molecule has 100 valence electrons. The number of hydrogen-bond donors (Lipinski definition) is 2. The first-order valence-corrected chi connectivity index (χ1v) is 6.56. The Labute approximate surface area is 111 Å². The van der Waals surface area contributed by atoms with Crippen LogP contribution in [0.2, 0.25) is 0 Å². The Morgan fingerprint density at radius 1 is 1.39 bits per heavy atom. The average Bonchev–Trinajstić information content (AvgIpc) is 2.62. The Morgan fingerprint density at radius 2 is 2.00 bits per heavy atom. The van der Waals surface area contributed by atoms with E-state index in [2.05, 4.69) is 15.6 Å². The van der Waals surface area contributed by atoms with Crippen LogP contribution in [0.1, 0.15) is 32.6 Å².